The maximum Gasteiger partial charge on any atom is 0.202 e. The van der Waals surface area contributed by atoms with Crippen molar-refractivity contribution in [2.75, 3.05) is 19.6 Å². The molecule has 1 fully saturated rings. The molecule has 1 aliphatic rings. The van der Waals surface area contributed by atoms with Crippen LogP contribution in [0.15, 0.2) is 33.4 Å². The van der Waals surface area contributed by atoms with Crippen molar-refractivity contribution in [1.29, 1.82) is 0 Å². The zero-order valence-corrected chi connectivity index (χ0v) is 10.4. The molecular weight excluding hydrogens is 230 g/mol. The lowest BCUT2D eigenvalue weighted by Gasteiger charge is -2.30. The van der Waals surface area contributed by atoms with Crippen molar-refractivity contribution < 1.29 is 8.94 Å². The van der Waals surface area contributed by atoms with Gasteiger partial charge in [-0.05, 0) is 19.1 Å². The molecule has 1 saturated heterocycles. The van der Waals surface area contributed by atoms with Gasteiger partial charge in [-0.1, -0.05) is 5.16 Å². The summed E-state index contributed by atoms with van der Waals surface area (Å²) in [6.45, 7) is 6.15. The zero-order valence-electron chi connectivity index (χ0n) is 10.4. The smallest absolute Gasteiger partial charge is 0.202 e. The molecule has 2 aromatic heterocycles. The molecule has 1 aliphatic heterocycles. The number of nitrogens with zero attached hydrogens (tertiary/aromatic N) is 2. The molecule has 0 aliphatic carbocycles. The number of hydrogen-bond acceptors (Lipinski definition) is 5. The number of rotatable bonds is 3. The van der Waals surface area contributed by atoms with Gasteiger partial charge in [0.05, 0.1) is 12.0 Å². The van der Waals surface area contributed by atoms with Crippen LogP contribution >= 0.6 is 0 Å². The van der Waals surface area contributed by atoms with E-state index in [1.807, 2.05) is 18.2 Å². The molecule has 96 valence electrons. The first-order chi connectivity index (χ1) is 8.81. The van der Waals surface area contributed by atoms with E-state index in [-0.39, 0.29) is 0 Å². The summed E-state index contributed by atoms with van der Waals surface area (Å²) in [5.41, 5.74) is 0.954. The van der Waals surface area contributed by atoms with Crippen LogP contribution < -0.4 is 5.32 Å². The Morgan fingerprint density at radius 1 is 1.50 bits per heavy atom. The van der Waals surface area contributed by atoms with Gasteiger partial charge in [-0.15, -0.1) is 0 Å². The van der Waals surface area contributed by atoms with E-state index in [2.05, 4.69) is 22.3 Å². The van der Waals surface area contributed by atoms with E-state index in [9.17, 15) is 0 Å². The molecule has 0 saturated carbocycles. The predicted octanol–water partition coefficient (Wildman–Crippen LogP) is 1.73. The Balaban J connectivity index is 1.66. The monoisotopic (exact) mass is 247 g/mol. The summed E-state index contributed by atoms with van der Waals surface area (Å²) in [6.07, 6.45) is 1.63. The van der Waals surface area contributed by atoms with Crippen molar-refractivity contribution >= 4 is 0 Å². The largest absolute Gasteiger partial charge is 0.461 e. The molecule has 2 aromatic rings. The number of nitrogens with one attached hydrogen (secondary N) is 1. The van der Waals surface area contributed by atoms with Gasteiger partial charge in [0, 0.05) is 38.3 Å². The van der Waals surface area contributed by atoms with Gasteiger partial charge in [0.15, 0.2) is 5.76 Å². The standard InChI is InChI=1S/C13H17N3O2/c1-10-8-16(5-4-14-10)9-11-7-13(18-15-11)12-3-2-6-17-12/h2-3,6-7,10,14H,4-5,8-9H2,1H3. The van der Waals surface area contributed by atoms with Crippen LogP contribution in [0.2, 0.25) is 0 Å². The van der Waals surface area contributed by atoms with Crippen LogP contribution in [0.1, 0.15) is 12.6 Å². The van der Waals surface area contributed by atoms with Crippen LogP contribution in [0.4, 0.5) is 0 Å². The molecular formula is C13H17N3O2. The zero-order chi connectivity index (χ0) is 12.4. The summed E-state index contributed by atoms with van der Waals surface area (Å²) in [7, 11) is 0. The van der Waals surface area contributed by atoms with E-state index in [1.54, 1.807) is 6.26 Å². The molecule has 0 radical (unpaired) electrons. The Hall–Kier alpha value is -1.59. The topological polar surface area (TPSA) is 54.4 Å². The lowest BCUT2D eigenvalue weighted by Crippen LogP contribution is -2.48. The Labute approximate surface area is 106 Å². The minimum Gasteiger partial charge on any atom is -0.461 e. The molecule has 1 atom stereocenters. The van der Waals surface area contributed by atoms with Crippen molar-refractivity contribution in [3.8, 4) is 11.5 Å². The summed E-state index contributed by atoms with van der Waals surface area (Å²) in [5, 5.41) is 7.52. The van der Waals surface area contributed by atoms with Crippen molar-refractivity contribution in [3.05, 3.63) is 30.2 Å². The van der Waals surface area contributed by atoms with Gasteiger partial charge in [0.25, 0.3) is 0 Å². The second-order valence-corrected chi connectivity index (χ2v) is 4.75. The van der Waals surface area contributed by atoms with Gasteiger partial charge in [-0.3, -0.25) is 4.90 Å². The number of piperazine rings is 1. The van der Waals surface area contributed by atoms with E-state index in [4.69, 9.17) is 8.94 Å². The minimum atomic E-state index is 0.537. The first kappa shape index (κ1) is 11.5. The molecule has 1 unspecified atom stereocenters. The molecule has 3 heterocycles. The number of furan rings is 1. The summed E-state index contributed by atoms with van der Waals surface area (Å²) in [6, 6.07) is 6.20. The van der Waals surface area contributed by atoms with Crippen molar-refractivity contribution in [3.63, 3.8) is 0 Å². The van der Waals surface area contributed by atoms with E-state index >= 15 is 0 Å². The highest BCUT2D eigenvalue weighted by molar-refractivity contribution is 5.49. The van der Waals surface area contributed by atoms with Gasteiger partial charge in [-0.25, -0.2) is 0 Å². The fourth-order valence-corrected chi connectivity index (χ4v) is 2.31. The highest BCUT2D eigenvalue weighted by Gasteiger charge is 2.17. The quantitative estimate of drug-likeness (QED) is 0.895. The third-order valence-electron chi connectivity index (χ3n) is 3.16. The Morgan fingerprint density at radius 2 is 2.44 bits per heavy atom. The van der Waals surface area contributed by atoms with Gasteiger partial charge in [-0.2, -0.15) is 0 Å². The van der Waals surface area contributed by atoms with Crippen molar-refractivity contribution in [2.24, 2.45) is 0 Å². The minimum absolute atomic E-state index is 0.537. The lowest BCUT2D eigenvalue weighted by atomic mass is 10.2. The van der Waals surface area contributed by atoms with Crippen LogP contribution in [-0.4, -0.2) is 35.7 Å². The first-order valence-corrected chi connectivity index (χ1v) is 6.26. The maximum absolute atomic E-state index is 5.29. The summed E-state index contributed by atoms with van der Waals surface area (Å²) in [4.78, 5) is 2.38. The Morgan fingerprint density at radius 3 is 3.22 bits per heavy atom. The van der Waals surface area contributed by atoms with E-state index < -0.39 is 0 Å². The summed E-state index contributed by atoms with van der Waals surface area (Å²) < 4.78 is 10.6. The number of aromatic nitrogens is 1. The second kappa shape index (κ2) is 4.96. The van der Waals surface area contributed by atoms with Crippen molar-refractivity contribution in [2.45, 2.75) is 19.5 Å². The molecule has 0 spiro atoms. The third kappa shape index (κ3) is 2.47. The van der Waals surface area contributed by atoms with Crippen LogP contribution in [0.25, 0.3) is 11.5 Å². The van der Waals surface area contributed by atoms with Crippen LogP contribution in [0, 0.1) is 0 Å². The summed E-state index contributed by atoms with van der Waals surface area (Å²) >= 11 is 0. The maximum atomic E-state index is 5.29. The molecule has 1 N–H and O–H groups in total. The van der Waals surface area contributed by atoms with Crippen LogP contribution in [0.5, 0.6) is 0 Å². The highest BCUT2D eigenvalue weighted by Crippen LogP contribution is 2.21. The molecule has 0 aromatic carbocycles. The highest BCUT2D eigenvalue weighted by atomic mass is 16.5. The average molecular weight is 247 g/mol. The van der Waals surface area contributed by atoms with Gasteiger partial charge in [0.2, 0.25) is 5.76 Å². The van der Waals surface area contributed by atoms with Gasteiger partial charge >= 0.3 is 0 Å². The average Bonchev–Trinajstić information content (AvgIpc) is 2.98. The van der Waals surface area contributed by atoms with Crippen molar-refractivity contribution in [1.82, 2.24) is 15.4 Å². The molecule has 3 rings (SSSR count). The molecule has 0 amide bonds. The Bertz CT molecular complexity index is 492. The summed E-state index contributed by atoms with van der Waals surface area (Å²) in [5.74, 6) is 1.42. The van der Waals surface area contributed by atoms with E-state index in [1.165, 1.54) is 0 Å². The normalized spacial score (nSPS) is 21.3. The lowest BCUT2D eigenvalue weighted by molar-refractivity contribution is 0.195. The molecule has 0 bridgehead atoms. The van der Waals surface area contributed by atoms with E-state index in [0.717, 1.165) is 37.6 Å². The Kier molecular flexibility index (Phi) is 3.17. The third-order valence-corrected chi connectivity index (χ3v) is 3.16. The molecule has 5 nitrogen and oxygen atoms in total. The molecule has 18 heavy (non-hydrogen) atoms. The number of hydrogen-bond donors (Lipinski definition) is 1. The van der Waals surface area contributed by atoms with Gasteiger partial charge < -0.3 is 14.3 Å². The van der Waals surface area contributed by atoms with E-state index in [0.29, 0.717) is 11.8 Å². The predicted molar refractivity (Wildman–Crippen MR) is 66.9 cm³/mol. The SMILES string of the molecule is CC1CN(Cc2cc(-c3ccco3)on2)CCN1. The fraction of sp³-hybridized carbons (Fsp3) is 0.462. The second-order valence-electron chi connectivity index (χ2n) is 4.75. The van der Waals surface area contributed by atoms with Crippen LogP contribution in [-0.2, 0) is 6.54 Å². The fourth-order valence-electron chi connectivity index (χ4n) is 2.31. The van der Waals surface area contributed by atoms with Crippen LogP contribution in [0.3, 0.4) is 0 Å². The first-order valence-electron chi connectivity index (χ1n) is 6.26. The van der Waals surface area contributed by atoms with Gasteiger partial charge in [0.1, 0.15) is 0 Å². The molecule has 5 heteroatoms.